The maximum Gasteiger partial charge on any atom is 0.191 e. The Morgan fingerprint density at radius 3 is 2.52 bits per heavy atom. The molecule has 118 valence electrons. The number of methoxy groups -OCH3 is 1. The fraction of sp³-hybridized carbons (Fsp3) is 0.588. The number of nitrogens with one attached hydrogen (secondary N) is 2. The van der Waals surface area contributed by atoms with Gasteiger partial charge in [-0.1, -0.05) is 44.2 Å². The first-order valence-corrected chi connectivity index (χ1v) is 7.59. The third-order valence-corrected chi connectivity index (χ3v) is 3.33. The Hall–Kier alpha value is -1.55. The van der Waals surface area contributed by atoms with Crippen molar-refractivity contribution in [3.05, 3.63) is 35.9 Å². The highest BCUT2D eigenvalue weighted by Gasteiger charge is 2.20. The summed E-state index contributed by atoms with van der Waals surface area (Å²) in [7, 11) is 1.71. The summed E-state index contributed by atoms with van der Waals surface area (Å²) in [4.78, 5) is 4.72. The lowest BCUT2D eigenvalue weighted by Gasteiger charge is -2.24. The molecule has 0 aliphatic rings. The molecule has 0 radical (unpaired) electrons. The molecule has 21 heavy (non-hydrogen) atoms. The second-order valence-electron chi connectivity index (χ2n) is 5.95. The van der Waals surface area contributed by atoms with Gasteiger partial charge in [-0.3, -0.25) is 4.99 Å². The van der Waals surface area contributed by atoms with E-state index in [1.165, 1.54) is 5.56 Å². The summed E-state index contributed by atoms with van der Waals surface area (Å²) in [6.07, 6.45) is 0. The van der Waals surface area contributed by atoms with E-state index in [0.29, 0.717) is 6.61 Å². The van der Waals surface area contributed by atoms with Crippen LogP contribution in [0.15, 0.2) is 35.3 Å². The fourth-order valence-electron chi connectivity index (χ4n) is 2.10. The zero-order chi connectivity index (χ0) is 15.7. The molecule has 0 bridgehead atoms. The van der Waals surface area contributed by atoms with E-state index in [1.54, 1.807) is 7.11 Å². The molecular formula is C17H29N3O. The minimum absolute atomic E-state index is 0.00804. The molecule has 4 heteroatoms. The summed E-state index contributed by atoms with van der Waals surface area (Å²) < 4.78 is 5.15. The zero-order valence-corrected chi connectivity index (χ0v) is 13.9. The molecule has 1 rings (SSSR count). The molecule has 0 amide bonds. The van der Waals surface area contributed by atoms with Crippen LogP contribution in [0.3, 0.4) is 0 Å². The summed E-state index contributed by atoms with van der Waals surface area (Å²) in [5.74, 6) is 0.839. The number of aliphatic imine (C=N–C) groups is 1. The van der Waals surface area contributed by atoms with Crippen LogP contribution in [0.1, 0.15) is 33.3 Å². The SMILES string of the molecule is CCNC(=NCC(C)(C)c1ccccc1)NC(C)COC. The number of guanidine groups is 1. The van der Waals surface area contributed by atoms with E-state index in [4.69, 9.17) is 9.73 Å². The first-order chi connectivity index (χ1) is 9.99. The molecule has 0 saturated carbocycles. The predicted molar refractivity (Wildman–Crippen MR) is 89.9 cm³/mol. The largest absolute Gasteiger partial charge is 0.383 e. The normalized spacial score (nSPS) is 13.9. The van der Waals surface area contributed by atoms with Gasteiger partial charge in [0.2, 0.25) is 0 Å². The number of rotatable bonds is 7. The van der Waals surface area contributed by atoms with Gasteiger partial charge in [0.15, 0.2) is 5.96 Å². The van der Waals surface area contributed by atoms with Crippen molar-refractivity contribution in [1.82, 2.24) is 10.6 Å². The van der Waals surface area contributed by atoms with E-state index < -0.39 is 0 Å². The molecule has 0 aromatic heterocycles. The van der Waals surface area contributed by atoms with Crippen molar-refractivity contribution in [2.45, 2.75) is 39.2 Å². The van der Waals surface area contributed by atoms with Gasteiger partial charge in [0.25, 0.3) is 0 Å². The summed E-state index contributed by atoms with van der Waals surface area (Å²) in [6.45, 7) is 10.8. The third-order valence-electron chi connectivity index (χ3n) is 3.33. The Balaban J connectivity index is 2.72. The lowest BCUT2D eigenvalue weighted by atomic mass is 9.85. The van der Waals surface area contributed by atoms with Crippen molar-refractivity contribution in [3.8, 4) is 0 Å². The standard InChI is InChI=1S/C17H29N3O/c1-6-18-16(20-14(2)12-21-5)19-13-17(3,4)15-10-8-7-9-11-15/h7-11,14H,6,12-13H2,1-5H3,(H2,18,19,20). The van der Waals surface area contributed by atoms with Crippen LogP contribution in [0.2, 0.25) is 0 Å². The molecule has 4 nitrogen and oxygen atoms in total. The lowest BCUT2D eigenvalue weighted by molar-refractivity contribution is 0.179. The van der Waals surface area contributed by atoms with Crippen molar-refractivity contribution >= 4 is 5.96 Å². The quantitative estimate of drug-likeness (QED) is 0.599. The van der Waals surface area contributed by atoms with Gasteiger partial charge < -0.3 is 15.4 Å². The average molecular weight is 291 g/mol. The van der Waals surface area contributed by atoms with Crippen molar-refractivity contribution in [3.63, 3.8) is 0 Å². The van der Waals surface area contributed by atoms with E-state index in [-0.39, 0.29) is 11.5 Å². The second kappa shape index (κ2) is 8.67. The monoisotopic (exact) mass is 291 g/mol. The Kier molecular flexibility index (Phi) is 7.23. The highest BCUT2D eigenvalue weighted by atomic mass is 16.5. The number of hydrogen-bond acceptors (Lipinski definition) is 2. The van der Waals surface area contributed by atoms with Crippen LogP contribution in [-0.4, -0.2) is 38.8 Å². The van der Waals surface area contributed by atoms with Gasteiger partial charge in [-0.05, 0) is 19.4 Å². The molecule has 2 N–H and O–H groups in total. The van der Waals surface area contributed by atoms with Gasteiger partial charge in [-0.25, -0.2) is 0 Å². The van der Waals surface area contributed by atoms with Crippen molar-refractivity contribution in [2.24, 2.45) is 4.99 Å². The Morgan fingerprint density at radius 1 is 1.29 bits per heavy atom. The highest BCUT2D eigenvalue weighted by Crippen LogP contribution is 2.22. The van der Waals surface area contributed by atoms with Gasteiger partial charge >= 0.3 is 0 Å². The maximum absolute atomic E-state index is 5.15. The molecule has 0 heterocycles. The van der Waals surface area contributed by atoms with Crippen molar-refractivity contribution < 1.29 is 4.74 Å². The Labute approximate surface area is 129 Å². The predicted octanol–water partition coefficient (Wildman–Crippen LogP) is 2.55. The van der Waals surface area contributed by atoms with Gasteiger partial charge in [0, 0.05) is 25.1 Å². The summed E-state index contributed by atoms with van der Waals surface area (Å²) in [5.41, 5.74) is 1.31. The molecule has 1 atom stereocenters. The third kappa shape index (κ3) is 6.17. The summed E-state index contributed by atoms with van der Waals surface area (Å²) in [6, 6.07) is 10.7. The maximum atomic E-state index is 5.15. The Bertz CT molecular complexity index is 429. The molecule has 1 aromatic rings. The van der Waals surface area contributed by atoms with Crippen LogP contribution < -0.4 is 10.6 Å². The number of hydrogen-bond donors (Lipinski definition) is 2. The van der Waals surface area contributed by atoms with Crippen LogP contribution in [0, 0.1) is 0 Å². The first-order valence-electron chi connectivity index (χ1n) is 7.59. The smallest absolute Gasteiger partial charge is 0.191 e. The first kappa shape index (κ1) is 17.5. The van der Waals surface area contributed by atoms with E-state index in [9.17, 15) is 0 Å². The minimum atomic E-state index is 0.00804. The fourth-order valence-corrected chi connectivity index (χ4v) is 2.10. The van der Waals surface area contributed by atoms with Crippen LogP contribution >= 0.6 is 0 Å². The lowest BCUT2D eigenvalue weighted by Crippen LogP contribution is -2.44. The topological polar surface area (TPSA) is 45.7 Å². The number of nitrogens with zero attached hydrogens (tertiary/aromatic N) is 1. The van der Waals surface area contributed by atoms with Crippen molar-refractivity contribution in [2.75, 3.05) is 26.8 Å². The molecular weight excluding hydrogens is 262 g/mol. The van der Waals surface area contributed by atoms with Crippen LogP contribution in [0.25, 0.3) is 0 Å². The molecule has 0 saturated heterocycles. The second-order valence-corrected chi connectivity index (χ2v) is 5.95. The zero-order valence-electron chi connectivity index (χ0n) is 13.9. The molecule has 1 aromatic carbocycles. The molecule has 1 unspecified atom stereocenters. The molecule has 0 aliphatic heterocycles. The molecule has 0 aliphatic carbocycles. The van der Waals surface area contributed by atoms with Crippen LogP contribution in [0.5, 0.6) is 0 Å². The number of benzene rings is 1. The van der Waals surface area contributed by atoms with Gasteiger partial charge in [0.05, 0.1) is 13.2 Å². The van der Waals surface area contributed by atoms with Gasteiger partial charge in [0.1, 0.15) is 0 Å². The molecule has 0 spiro atoms. The van der Waals surface area contributed by atoms with Gasteiger partial charge in [-0.2, -0.15) is 0 Å². The molecule has 0 fully saturated rings. The number of ether oxygens (including phenoxy) is 1. The van der Waals surface area contributed by atoms with E-state index >= 15 is 0 Å². The van der Waals surface area contributed by atoms with Gasteiger partial charge in [-0.15, -0.1) is 0 Å². The van der Waals surface area contributed by atoms with Crippen LogP contribution in [-0.2, 0) is 10.2 Å². The Morgan fingerprint density at radius 2 is 1.95 bits per heavy atom. The average Bonchev–Trinajstić information content (AvgIpc) is 2.46. The van der Waals surface area contributed by atoms with E-state index in [2.05, 4.69) is 62.6 Å². The highest BCUT2D eigenvalue weighted by molar-refractivity contribution is 5.80. The summed E-state index contributed by atoms with van der Waals surface area (Å²) in [5, 5.41) is 6.64. The van der Waals surface area contributed by atoms with Crippen LogP contribution in [0.4, 0.5) is 0 Å². The van der Waals surface area contributed by atoms with E-state index in [0.717, 1.165) is 19.0 Å². The van der Waals surface area contributed by atoms with E-state index in [1.807, 2.05) is 6.07 Å². The van der Waals surface area contributed by atoms with Crippen molar-refractivity contribution in [1.29, 1.82) is 0 Å². The summed E-state index contributed by atoms with van der Waals surface area (Å²) >= 11 is 0. The minimum Gasteiger partial charge on any atom is -0.383 e.